The molecule has 3 aliphatic heterocycles. The third-order valence-electron chi connectivity index (χ3n) is 6.52. The molecule has 3 saturated heterocycles. The molecule has 0 spiro atoms. The lowest BCUT2D eigenvalue weighted by Crippen LogP contribution is -2.54. The zero-order chi connectivity index (χ0) is 20.8. The Kier molecular flexibility index (Phi) is 7.47. The summed E-state index contributed by atoms with van der Waals surface area (Å²) in [6, 6.07) is 8.64. The molecule has 0 bridgehead atoms. The lowest BCUT2D eigenvalue weighted by Gasteiger charge is -2.38. The van der Waals surface area contributed by atoms with Gasteiger partial charge in [0.15, 0.2) is 5.96 Å². The van der Waals surface area contributed by atoms with Gasteiger partial charge in [0.1, 0.15) is 11.9 Å². The molecule has 7 nitrogen and oxygen atoms in total. The van der Waals surface area contributed by atoms with E-state index in [0.717, 1.165) is 63.9 Å². The minimum atomic E-state index is 0.128. The average Bonchev–Trinajstić information content (AvgIpc) is 3.52. The fraction of sp³-hybridized carbons (Fsp3) is 0.696. The molecule has 1 aromatic rings. The summed E-state index contributed by atoms with van der Waals surface area (Å²) in [5.74, 6) is 1.90. The van der Waals surface area contributed by atoms with Crippen molar-refractivity contribution in [2.45, 2.75) is 43.9 Å². The Morgan fingerprint density at radius 2 is 1.93 bits per heavy atom. The van der Waals surface area contributed by atoms with Crippen molar-refractivity contribution < 1.29 is 14.2 Å². The molecule has 3 aliphatic rings. The quantitative estimate of drug-likeness (QED) is 0.567. The Balaban J connectivity index is 1.43. The van der Waals surface area contributed by atoms with Gasteiger partial charge in [-0.3, -0.25) is 9.89 Å². The van der Waals surface area contributed by atoms with Gasteiger partial charge in [0.2, 0.25) is 0 Å². The molecular weight excluding hydrogens is 380 g/mol. The molecule has 1 aromatic carbocycles. The van der Waals surface area contributed by atoms with Crippen molar-refractivity contribution in [2.75, 3.05) is 60.1 Å². The number of para-hydroxylation sites is 1. The number of guanidine groups is 1. The van der Waals surface area contributed by atoms with Gasteiger partial charge in [-0.1, -0.05) is 18.2 Å². The predicted octanol–water partition coefficient (Wildman–Crippen LogP) is 2.29. The Labute approximate surface area is 180 Å². The molecule has 1 N–H and O–H groups in total. The Morgan fingerprint density at radius 1 is 1.13 bits per heavy atom. The summed E-state index contributed by atoms with van der Waals surface area (Å²) in [6.07, 6.45) is 5.09. The van der Waals surface area contributed by atoms with Gasteiger partial charge in [-0.05, 0) is 44.8 Å². The minimum Gasteiger partial charge on any atom is -0.496 e. The van der Waals surface area contributed by atoms with Crippen LogP contribution in [0.5, 0.6) is 5.75 Å². The lowest BCUT2D eigenvalue weighted by atomic mass is 10.0. The third-order valence-corrected chi connectivity index (χ3v) is 6.52. The largest absolute Gasteiger partial charge is 0.496 e. The standard InChI is InChI=1S/C23H36N4O3/c1-24-23(27-13-15-30-22(17-27)21-10-7-14-29-21)25-16-19(26-11-5-6-12-26)18-8-3-4-9-20(18)28-2/h3-4,8-9,19,21-22H,5-7,10-17H2,1-2H3,(H,24,25). The van der Waals surface area contributed by atoms with Crippen molar-refractivity contribution in [1.29, 1.82) is 0 Å². The second-order valence-electron chi connectivity index (χ2n) is 8.34. The second-order valence-corrected chi connectivity index (χ2v) is 8.34. The van der Waals surface area contributed by atoms with E-state index in [1.165, 1.54) is 18.4 Å². The average molecular weight is 417 g/mol. The first-order chi connectivity index (χ1) is 14.8. The summed E-state index contributed by atoms with van der Waals surface area (Å²) < 4.78 is 17.6. The number of nitrogens with one attached hydrogen (secondary N) is 1. The molecule has 0 aliphatic carbocycles. The summed E-state index contributed by atoms with van der Waals surface area (Å²) in [5.41, 5.74) is 1.24. The van der Waals surface area contributed by atoms with Crippen molar-refractivity contribution in [2.24, 2.45) is 4.99 Å². The number of ether oxygens (including phenoxy) is 3. The Morgan fingerprint density at radius 3 is 2.67 bits per heavy atom. The van der Waals surface area contributed by atoms with Crippen molar-refractivity contribution in [1.82, 2.24) is 15.1 Å². The van der Waals surface area contributed by atoms with Crippen molar-refractivity contribution in [3.8, 4) is 5.75 Å². The first-order valence-electron chi connectivity index (χ1n) is 11.4. The van der Waals surface area contributed by atoms with E-state index in [4.69, 9.17) is 14.2 Å². The smallest absolute Gasteiger partial charge is 0.193 e. The summed E-state index contributed by atoms with van der Waals surface area (Å²) in [5, 5.41) is 3.66. The van der Waals surface area contributed by atoms with Crippen LogP contribution in [0.3, 0.4) is 0 Å². The summed E-state index contributed by atoms with van der Waals surface area (Å²) in [7, 11) is 3.62. The molecule has 30 heavy (non-hydrogen) atoms. The maximum atomic E-state index is 6.02. The van der Waals surface area contributed by atoms with Crippen molar-refractivity contribution in [3.05, 3.63) is 29.8 Å². The molecule has 7 heteroatoms. The maximum Gasteiger partial charge on any atom is 0.193 e. The zero-order valence-corrected chi connectivity index (χ0v) is 18.4. The van der Waals surface area contributed by atoms with Gasteiger partial charge in [-0.25, -0.2) is 0 Å². The number of morpholine rings is 1. The van der Waals surface area contributed by atoms with E-state index in [9.17, 15) is 0 Å². The summed E-state index contributed by atoms with van der Waals surface area (Å²) in [6.45, 7) is 6.30. The highest BCUT2D eigenvalue weighted by atomic mass is 16.5. The molecule has 3 atom stereocenters. The number of hydrogen-bond acceptors (Lipinski definition) is 5. The first kappa shape index (κ1) is 21.4. The molecule has 166 valence electrons. The molecule has 3 heterocycles. The van der Waals surface area contributed by atoms with Crippen LogP contribution in [0.1, 0.15) is 37.3 Å². The number of methoxy groups -OCH3 is 1. The maximum absolute atomic E-state index is 6.02. The van der Waals surface area contributed by atoms with Crippen LogP contribution in [0, 0.1) is 0 Å². The number of rotatable bonds is 6. The van der Waals surface area contributed by atoms with E-state index in [1.54, 1.807) is 7.11 Å². The van der Waals surface area contributed by atoms with Crippen molar-refractivity contribution >= 4 is 5.96 Å². The van der Waals surface area contributed by atoms with E-state index >= 15 is 0 Å². The highest BCUT2D eigenvalue weighted by Gasteiger charge is 2.33. The van der Waals surface area contributed by atoms with Crippen LogP contribution in [0.15, 0.2) is 29.3 Å². The SMILES string of the molecule is CN=C(NCC(c1ccccc1OC)N1CCCC1)N1CCOC(C2CCCO2)C1. The minimum absolute atomic E-state index is 0.128. The van der Waals surface area contributed by atoms with Gasteiger partial charge in [0.25, 0.3) is 0 Å². The van der Waals surface area contributed by atoms with Gasteiger partial charge in [0.05, 0.1) is 25.9 Å². The van der Waals surface area contributed by atoms with Gasteiger partial charge in [-0.15, -0.1) is 0 Å². The summed E-state index contributed by atoms with van der Waals surface area (Å²) >= 11 is 0. The van der Waals surface area contributed by atoms with Gasteiger partial charge in [0, 0.05) is 38.9 Å². The van der Waals surface area contributed by atoms with Gasteiger partial charge >= 0.3 is 0 Å². The van der Waals surface area contributed by atoms with E-state index in [2.05, 4.69) is 38.3 Å². The molecule has 0 saturated carbocycles. The molecule has 4 rings (SSSR count). The van der Waals surface area contributed by atoms with Crippen LogP contribution < -0.4 is 10.1 Å². The molecule has 0 amide bonds. The van der Waals surface area contributed by atoms with E-state index in [0.29, 0.717) is 6.61 Å². The number of benzene rings is 1. The zero-order valence-electron chi connectivity index (χ0n) is 18.4. The molecule has 0 radical (unpaired) electrons. The fourth-order valence-electron chi connectivity index (χ4n) is 4.94. The van der Waals surface area contributed by atoms with Gasteiger partial charge in [-0.2, -0.15) is 0 Å². The van der Waals surface area contributed by atoms with E-state index in [-0.39, 0.29) is 18.2 Å². The topological polar surface area (TPSA) is 58.6 Å². The number of hydrogen-bond donors (Lipinski definition) is 1. The van der Waals surface area contributed by atoms with Crippen molar-refractivity contribution in [3.63, 3.8) is 0 Å². The van der Waals surface area contributed by atoms with Gasteiger partial charge < -0.3 is 24.4 Å². The monoisotopic (exact) mass is 416 g/mol. The van der Waals surface area contributed by atoms with Crippen LogP contribution in [0.4, 0.5) is 0 Å². The third kappa shape index (κ3) is 4.90. The number of aliphatic imine (C=N–C) groups is 1. The molecule has 0 aromatic heterocycles. The van der Waals surface area contributed by atoms with Crippen LogP contribution in [-0.4, -0.2) is 88.1 Å². The molecule has 3 unspecified atom stereocenters. The van der Waals surface area contributed by atoms with E-state index < -0.39 is 0 Å². The highest BCUT2D eigenvalue weighted by molar-refractivity contribution is 5.80. The number of likely N-dealkylation sites (tertiary alicyclic amines) is 1. The molecule has 3 fully saturated rings. The first-order valence-corrected chi connectivity index (χ1v) is 11.4. The second kappa shape index (κ2) is 10.5. The van der Waals surface area contributed by atoms with Crippen LogP contribution >= 0.6 is 0 Å². The summed E-state index contributed by atoms with van der Waals surface area (Å²) in [4.78, 5) is 9.47. The van der Waals surface area contributed by atoms with E-state index in [1.807, 2.05) is 13.1 Å². The highest BCUT2D eigenvalue weighted by Crippen LogP contribution is 2.31. The Bertz CT molecular complexity index is 701. The fourth-order valence-corrected chi connectivity index (χ4v) is 4.94. The number of nitrogens with zero attached hydrogens (tertiary/aromatic N) is 3. The van der Waals surface area contributed by atoms with Crippen LogP contribution in [0.25, 0.3) is 0 Å². The predicted molar refractivity (Wildman–Crippen MR) is 118 cm³/mol. The Hall–Kier alpha value is -1.83. The molecular formula is C23H36N4O3. The normalized spacial score (nSPS) is 26.7. The van der Waals surface area contributed by atoms with Crippen LogP contribution in [-0.2, 0) is 9.47 Å². The van der Waals surface area contributed by atoms with Crippen LogP contribution in [0.2, 0.25) is 0 Å². The lowest BCUT2D eigenvalue weighted by molar-refractivity contribution is -0.0817.